The quantitative estimate of drug-likeness (QED) is 0.776. The molecule has 1 aromatic carbocycles. The van der Waals surface area contributed by atoms with E-state index in [2.05, 4.69) is 16.8 Å². The highest BCUT2D eigenvalue weighted by Gasteiger charge is 2.20. The number of rotatable bonds is 5. The first-order chi connectivity index (χ1) is 12.1. The van der Waals surface area contributed by atoms with E-state index in [9.17, 15) is 9.18 Å². The Morgan fingerprint density at radius 2 is 2.04 bits per heavy atom. The summed E-state index contributed by atoms with van der Waals surface area (Å²) in [5.41, 5.74) is 0.749. The topological polar surface area (TPSA) is 50.6 Å². The Hall–Kier alpha value is -2.41. The molecule has 0 saturated carbocycles. The Morgan fingerprint density at radius 3 is 2.64 bits per heavy atom. The number of esters is 1. The number of carbonyl (C=O) groups excluding carboxylic acids is 1. The standard InChI is InChI=1S/C18H23FN4O2/c1-3-22-8-10-23(11-9-22)16-5-4-14(12-15(16)19)18(24)25-13-17-20-6-7-21(17)2/h4-7,12H,3,8-11,13H2,1-2H3. The van der Waals surface area contributed by atoms with Gasteiger partial charge in [-0.05, 0) is 24.7 Å². The van der Waals surface area contributed by atoms with Gasteiger partial charge in [0.25, 0.3) is 0 Å². The van der Waals surface area contributed by atoms with Crippen molar-refractivity contribution in [1.29, 1.82) is 0 Å². The summed E-state index contributed by atoms with van der Waals surface area (Å²) in [6.07, 6.45) is 3.41. The molecule has 0 radical (unpaired) electrons. The molecule has 2 heterocycles. The van der Waals surface area contributed by atoms with Crippen LogP contribution in [0.5, 0.6) is 0 Å². The Balaban J connectivity index is 1.63. The first kappa shape index (κ1) is 17.4. The lowest BCUT2D eigenvalue weighted by Crippen LogP contribution is -2.46. The van der Waals surface area contributed by atoms with Crippen LogP contribution in [-0.2, 0) is 18.4 Å². The zero-order chi connectivity index (χ0) is 17.8. The summed E-state index contributed by atoms with van der Waals surface area (Å²) in [5, 5.41) is 0. The van der Waals surface area contributed by atoms with Crippen molar-refractivity contribution in [3.63, 3.8) is 0 Å². The van der Waals surface area contributed by atoms with Gasteiger partial charge in [-0.1, -0.05) is 6.92 Å². The van der Waals surface area contributed by atoms with Crippen molar-refractivity contribution in [3.05, 3.63) is 47.8 Å². The molecule has 0 aliphatic carbocycles. The van der Waals surface area contributed by atoms with Crippen molar-refractivity contribution >= 4 is 11.7 Å². The molecule has 3 rings (SSSR count). The molecule has 2 aromatic rings. The molecule has 0 spiro atoms. The lowest BCUT2D eigenvalue weighted by atomic mass is 10.1. The first-order valence-corrected chi connectivity index (χ1v) is 8.48. The normalized spacial score (nSPS) is 15.4. The minimum atomic E-state index is -0.552. The number of hydrogen-bond acceptors (Lipinski definition) is 5. The van der Waals surface area contributed by atoms with Crippen LogP contribution in [0.15, 0.2) is 30.6 Å². The maximum Gasteiger partial charge on any atom is 0.338 e. The molecule has 1 aromatic heterocycles. The van der Waals surface area contributed by atoms with Crippen LogP contribution in [0.4, 0.5) is 10.1 Å². The van der Waals surface area contributed by atoms with Gasteiger partial charge in [0.05, 0.1) is 11.3 Å². The molecular formula is C18H23FN4O2. The predicted molar refractivity (Wildman–Crippen MR) is 93.1 cm³/mol. The van der Waals surface area contributed by atoms with Crippen molar-refractivity contribution in [2.24, 2.45) is 7.05 Å². The van der Waals surface area contributed by atoms with Gasteiger partial charge in [0.15, 0.2) is 0 Å². The number of likely N-dealkylation sites (N-methyl/N-ethyl adjacent to an activating group) is 1. The summed E-state index contributed by atoms with van der Waals surface area (Å²) < 4.78 is 21.5. The van der Waals surface area contributed by atoms with Gasteiger partial charge in [0.1, 0.15) is 18.2 Å². The van der Waals surface area contributed by atoms with E-state index >= 15 is 0 Å². The van der Waals surface area contributed by atoms with Gasteiger partial charge in [-0.25, -0.2) is 14.2 Å². The van der Waals surface area contributed by atoms with E-state index in [-0.39, 0.29) is 12.2 Å². The maximum absolute atomic E-state index is 14.5. The molecule has 7 heteroatoms. The van der Waals surface area contributed by atoms with Crippen LogP contribution in [0.25, 0.3) is 0 Å². The summed E-state index contributed by atoms with van der Waals surface area (Å²) in [6, 6.07) is 4.53. The third kappa shape index (κ3) is 3.99. The fourth-order valence-electron chi connectivity index (χ4n) is 2.94. The van der Waals surface area contributed by atoms with Gasteiger partial charge in [-0.15, -0.1) is 0 Å². The van der Waals surface area contributed by atoms with Gasteiger partial charge < -0.3 is 19.1 Å². The third-order valence-corrected chi connectivity index (χ3v) is 4.60. The molecular weight excluding hydrogens is 323 g/mol. The monoisotopic (exact) mass is 346 g/mol. The van der Waals surface area contributed by atoms with Gasteiger partial charge in [-0.2, -0.15) is 0 Å². The second-order valence-electron chi connectivity index (χ2n) is 6.12. The maximum atomic E-state index is 14.5. The fraction of sp³-hybridized carbons (Fsp3) is 0.444. The van der Waals surface area contributed by atoms with E-state index in [0.29, 0.717) is 11.5 Å². The van der Waals surface area contributed by atoms with Crippen LogP contribution in [-0.4, -0.2) is 53.1 Å². The molecule has 1 aliphatic rings. The summed E-state index contributed by atoms with van der Waals surface area (Å²) in [7, 11) is 1.82. The molecule has 6 nitrogen and oxygen atoms in total. The van der Waals surface area contributed by atoms with Gasteiger partial charge >= 0.3 is 5.97 Å². The molecule has 1 aliphatic heterocycles. The van der Waals surface area contributed by atoms with Crippen molar-refractivity contribution in [1.82, 2.24) is 14.5 Å². The van der Waals surface area contributed by atoms with Crippen LogP contribution in [0.3, 0.4) is 0 Å². The zero-order valence-electron chi connectivity index (χ0n) is 14.6. The first-order valence-electron chi connectivity index (χ1n) is 8.48. The minimum absolute atomic E-state index is 0.0602. The Kier molecular flexibility index (Phi) is 5.33. The molecule has 1 saturated heterocycles. The van der Waals surface area contributed by atoms with Crippen LogP contribution < -0.4 is 4.90 Å². The molecule has 25 heavy (non-hydrogen) atoms. The SMILES string of the molecule is CCN1CCN(c2ccc(C(=O)OCc3nccn3C)cc2F)CC1. The van der Waals surface area contributed by atoms with E-state index < -0.39 is 11.8 Å². The Bertz CT molecular complexity index is 738. The molecule has 0 atom stereocenters. The summed E-state index contributed by atoms with van der Waals surface area (Å²) in [5.74, 6) is -0.306. The molecule has 1 fully saturated rings. The number of carbonyl (C=O) groups is 1. The average Bonchev–Trinajstić information content (AvgIpc) is 3.04. The highest BCUT2D eigenvalue weighted by molar-refractivity contribution is 5.89. The van der Waals surface area contributed by atoms with Crippen LogP contribution in [0.2, 0.25) is 0 Å². The number of imidazole rings is 1. The lowest BCUT2D eigenvalue weighted by molar-refractivity contribution is 0.0458. The largest absolute Gasteiger partial charge is 0.454 e. The second kappa shape index (κ2) is 7.65. The number of halogens is 1. The van der Waals surface area contributed by atoms with Crippen molar-refractivity contribution in [3.8, 4) is 0 Å². The summed E-state index contributed by atoms with van der Waals surface area (Å²) >= 11 is 0. The number of hydrogen-bond donors (Lipinski definition) is 0. The molecule has 134 valence electrons. The van der Waals surface area contributed by atoms with Crippen molar-refractivity contribution < 1.29 is 13.9 Å². The number of aromatic nitrogens is 2. The average molecular weight is 346 g/mol. The van der Waals surface area contributed by atoms with E-state index in [1.807, 2.05) is 11.9 Å². The predicted octanol–water partition coefficient (Wildman–Crippen LogP) is 2.06. The summed E-state index contributed by atoms with van der Waals surface area (Å²) in [4.78, 5) is 20.6. The molecule has 0 N–H and O–H groups in total. The number of aryl methyl sites for hydroxylation is 1. The van der Waals surface area contributed by atoms with Crippen molar-refractivity contribution in [2.75, 3.05) is 37.6 Å². The Labute approximate surface area is 146 Å². The number of benzene rings is 1. The number of nitrogens with zero attached hydrogens (tertiary/aromatic N) is 4. The van der Waals surface area contributed by atoms with E-state index in [1.54, 1.807) is 29.1 Å². The van der Waals surface area contributed by atoms with Gasteiger partial charge in [0.2, 0.25) is 0 Å². The zero-order valence-corrected chi connectivity index (χ0v) is 14.6. The van der Waals surface area contributed by atoms with Crippen LogP contribution >= 0.6 is 0 Å². The van der Waals surface area contributed by atoms with Crippen LogP contribution in [0, 0.1) is 5.82 Å². The Morgan fingerprint density at radius 1 is 1.28 bits per heavy atom. The third-order valence-electron chi connectivity index (χ3n) is 4.60. The highest BCUT2D eigenvalue weighted by atomic mass is 19.1. The fourth-order valence-corrected chi connectivity index (χ4v) is 2.94. The lowest BCUT2D eigenvalue weighted by Gasteiger charge is -2.35. The number of piperazine rings is 1. The number of ether oxygens (including phenoxy) is 1. The highest BCUT2D eigenvalue weighted by Crippen LogP contribution is 2.22. The smallest absolute Gasteiger partial charge is 0.338 e. The van der Waals surface area contributed by atoms with Crippen molar-refractivity contribution in [2.45, 2.75) is 13.5 Å². The van der Waals surface area contributed by atoms with E-state index in [1.165, 1.54) is 6.07 Å². The van der Waals surface area contributed by atoms with Gasteiger partial charge in [0, 0.05) is 45.6 Å². The second-order valence-corrected chi connectivity index (χ2v) is 6.12. The van der Waals surface area contributed by atoms with Gasteiger partial charge in [-0.3, -0.25) is 0 Å². The molecule has 0 bridgehead atoms. The molecule has 0 amide bonds. The van der Waals surface area contributed by atoms with E-state index in [4.69, 9.17) is 4.74 Å². The summed E-state index contributed by atoms with van der Waals surface area (Å²) in [6.45, 7) is 6.61. The minimum Gasteiger partial charge on any atom is -0.454 e. The molecule has 0 unspecified atom stereocenters. The van der Waals surface area contributed by atoms with Crippen LogP contribution in [0.1, 0.15) is 23.1 Å². The van der Waals surface area contributed by atoms with E-state index in [0.717, 1.165) is 32.7 Å². The number of anilines is 1.